The molecule has 0 aliphatic rings. The number of hydrogen-bond donors (Lipinski definition) is 1. The lowest BCUT2D eigenvalue weighted by Crippen LogP contribution is -2.14. The molecule has 0 unspecified atom stereocenters. The Morgan fingerprint density at radius 2 is 1.65 bits per heavy atom. The summed E-state index contributed by atoms with van der Waals surface area (Å²) in [5.74, 6) is -0.645. The van der Waals surface area contributed by atoms with Crippen molar-refractivity contribution in [1.29, 1.82) is 5.26 Å². The van der Waals surface area contributed by atoms with Crippen LogP contribution < -0.4 is 9.50 Å². The van der Waals surface area contributed by atoms with E-state index in [0.717, 1.165) is 10.8 Å². The topological polar surface area (TPSA) is 96.3 Å². The molecule has 0 bridgehead atoms. The molecule has 0 saturated heterocycles. The molecule has 0 aliphatic heterocycles. The van der Waals surface area contributed by atoms with Crippen LogP contribution in [0, 0.1) is 11.3 Å². The average Bonchev–Trinajstić information content (AvgIpc) is 2.84. The Bertz CT molecular complexity index is 1550. The highest BCUT2D eigenvalue weighted by molar-refractivity contribution is 9.10. The predicted octanol–water partition coefficient (Wildman–Crippen LogP) is 5.92. The highest BCUT2D eigenvalue weighted by Crippen LogP contribution is 2.29. The van der Waals surface area contributed by atoms with Crippen LogP contribution in [0.5, 0.6) is 5.75 Å². The molecule has 168 valence electrons. The van der Waals surface area contributed by atoms with Crippen molar-refractivity contribution < 1.29 is 17.4 Å². The van der Waals surface area contributed by atoms with Crippen LogP contribution in [0.15, 0.2) is 106 Å². The summed E-state index contributed by atoms with van der Waals surface area (Å²) in [7, 11) is -4.11. The van der Waals surface area contributed by atoms with Crippen molar-refractivity contribution >= 4 is 54.5 Å². The summed E-state index contributed by atoms with van der Waals surface area (Å²) in [5, 5.41) is 14.2. The number of amides is 1. The molecule has 4 aromatic rings. The Kier molecular flexibility index (Phi) is 6.77. The van der Waals surface area contributed by atoms with Crippen molar-refractivity contribution in [1.82, 2.24) is 0 Å². The van der Waals surface area contributed by atoms with E-state index in [-0.39, 0.29) is 21.8 Å². The van der Waals surface area contributed by atoms with Crippen molar-refractivity contribution in [2.24, 2.45) is 0 Å². The summed E-state index contributed by atoms with van der Waals surface area (Å²) in [6, 6.07) is 27.2. The Morgan fingerprint density at radius 1 is 0.941 bits per heavy atom. The molecule has 1 amide bonds. The second-order valence-electron chi connectivity index (χ2n) is 7.18. The minimum atomic E-state index is -4.11. The summed E-state index contributed by atoms with van der Waals surface area (Å²) in [5.41, 5.74) is 0.591. The van der Waals surface area contributed by atoms with Crippen LogP contribution in [-0.2, 0) is 14.9 Å². The zero-order valence-electron chi connectivity index (χ0n) is 17.6. The molecule has 0 saturated carbocycles. The third kappa shape index (κ3) is 5.17. The first-order chi connectivity index (χ1) is 16.4. The molecule has 4 rings (SSSR count). The van der Waals surface area contributed by atoms with Gasteiger partial charge in [-0.3, -0.25) is 4.79 Å². The van der Waals surface area contributed by atoms with Gasteiger partial charge in [0.15, 0.2) is 0 Å². The van der Waals surface area contributed by atoms with Gasteiger partial charge in [-0.15, -0.1) is 0 Å². The lowest BCUT2D eigenvalue weighted by molar-refractivity contribution is -0.112. The van der Waals surface area contributed by atoms with Crippen molar-refractivity contribution in [3.05, 3.63) is 107 Å². The molecular formula is C26H17BrN2O4S. The van der Waals surface area contributed by atoms with Gasteiger partial charge in [-0.1, -0.05) is 70.5 Å². The van der Waals surface area contributed by atoms with Gasteiger partial charge in [0, 0.05) is 21.1 Å². The Labute approximate surface area is 205 Å². The number of nitrogens with one attached hydrogen (secondary N) is 1. The molecule has 34 heavy (non-hydrogen) atoms. The molecule has 1 N–H and O–H groups in total. The number of nitriles is 1. The number of fused-ring (bicyclic) bond motifs is 1. The fourth-order valence-corrected chi connectivity index (χ4v) is 4.64. The largest absolute Gasteiger partial charge is 0.378 e. The van der Waals surface area contributed by atoms with E-state index < -0.39 is 16.0 Å². The van der Waals surface area contributed by atoms with Gasteiger partial charge in [-0.05, 0) is 47.9 Å². The van der Waals surface area contributed by atoms with Gasteiger partial charge in [0.25, 0.3) is 5.91 Å². The van der Waals surface area contributed by atoms with E-state index in [2.05, 4.69) is 21.2 Å². The van der Waals surface area contributed by atoms with Crippen LogP contribution >= 0.6 is 15.9 Å². The second-order valence-corrected chi connectivity index (χ2v) is 9.65. The molecule has 0 heterocycles. The van der Waals surface area contributed by atoms with E-state index in [0.29, 0.717) is 10.2 Å². The number of halogens is 1. The highest BCUT2D eigenvalue weighted by atomic mass is 79.9. The number of anilines is 1. The van der Waals surface area contributed by atoms with Gasteiger partial charge >= 0.3 is 10.1 Å². The van der Waals surface area contributed by atoms with Crippen molar-refractivity contribution in [2.75, 3.05) is 5.32 Å². The quantitative estimate of drug-likeness (QED) is 0.189. The van der Waals surface area contributed by atoms with Crippen LogP contribution in [0.2, 0.25) is 0 Å². The second kappa shape index (κ2) is 9.91. The first-order valence-electron chi connectivity index (χ1n) is 10.1. The molecule has 0 fully saturated rings. The lowest BCUT2D eigenvalue weighted by atomic mass is 10.1. The maximum Gasteiger partial charge on any atom is 0.339 e. The Balaban J connectivity index is 1.67. The number of benzene rings is 4. The predicted molar refractivity (Wildman–Crippen MR) is 135 cm³/mol. The SMILES string of the molecule is N#C/C(=C\c1cc(Br)ccc1OS(=O)(=O)c1ccccc1)C(=O)Nc1cccc2ccccc12. The molecule has 0 atom stereocenters. The zero-order chi connectivity index (χ0) is 24.1. The van der Waals surface area contributed by atoms with Gasteiger partial charge in [-0.25, -0.2) is 0 Å². The van der Waals surface area contributed by atoms with E-state index in [1.54, 1.807) is 36.4 Å². The standard InChI is InChI=1S/C26H17BrN2O4S/c27-21-13-14-25(33-34(31,32)22-9-2-1-3-10-22)19(16-21)15-20(17-28)26(30)29-24-12-6-8-18-7-4-5-11-23(18)24/h1-16H,(H,29,30)/b20-15+. The molecule has 8 heteroatoms. The number of rotatable bonds is 6. The van der Waals surface area contributed by atoms with Crippen molar-refractivity contribution in [2.45, 2.75) is 4.90 Å². The lowest BCUT2D eigenvalue weighted by Gasteiger charge is -2.11. The van der Waals surface area contributed by atoms with Crippen LogP contribution in [0.3, 0.4) is 0 Å². The minimum absolute atomic E-state index is 0.0120. The monoisotopic (exact) mass is 532 g/mol. The molecule has 6 nitrogen and oxygen atoms in total. The van der Waals surface area contributed by atoms with Gasteiger partial charge in [0.1, 0.15) is 22.3 Å². The number of hydrogen-bond acceptors (Lipinski definition) is 5. The number of carbonyl (C=O) groups is 1. The Hall–Kier alpha value is -3.93. The summed E-state index contributed by atoms with van der Waals surface area (Å²) >= 11 is 3.33. The minimum Gasteiger partial charge on any atom is -0.378 e. The average molecular weight is 533 g/mol. The number of nitrogens with zero attached hydrogens (tertiary/aromatic N) is 1. The third-order valence-corrected chi connectivity index (χ3v) is 6.65. The maximum absolute atomic E-state index is 12.9. The zero-order valence-corrected chi connectivity index (χ0v) is 20.0. The summed E-state index contributed by atoms with van der Waals surface area (Å²) in [6.45, 7) is 0. The van der Waals surface area contributed by atoms with Crippen LogP contribution in [0.25, 0.3) is 16.8 Å². The van der Waals surface area contributed by atoms with E-state index >= 15 is 0 Å². The van der Waals surface area contributed by atoms with Crippen LogP contribution in [-0.4, -0.2) is 14.3 Å². The first-order valence-corrected chi connectivity index (χ1v) is 12.3. The molecule has 0 aromatic heterocycles. The van der Waals surface area contributed by atoms with Crippen molar-refractivity contribution in [3.8, 4) is 11.8 Å². The highest BCUT2D eigenvalue weighted by Gasteiger charge is 2.19. The van der Waals surface area contributed by atoms with Gasteiger partial charge in [0.2, 0.25) is 0 Å². The van der Waals surface area contributed by atoms with Crippen molar-refractivity contribution in [3.63, 3.8) is 0 Å². The van der Waals surface area contributed by atoms with E-state index in [1.807, 2.05) is 42.5 Å². The normalized spacial score (nSPS) is 11.6. The van der Waals surface area contributed by atoms with Gasteiger partial charge in [0.05, 0.1) is 0 Å². The summed E-state index contributed by atoms with van der Waals surface area (Å²) < 4.78 is 31.4. The fraction of sp³-hybridized carbons (Fsp3) is 0. The summed E-state index contributed by atoms with van der Waals surface area (Å²) in [6.07, 6.45) is 1.29. The molecule has 0 aliphatic carbocycles. The molecular weight excluding hydrogens is 516 g/mol. The van der Waals surface area contributed by atoms with Crippen LogP contribution in [0.1, 0.15) is 5.56 Å². The number of carbonyl (C=O) groups excluding carboxylic acids is 1. The van der Waals surface area contributed by atoms with E-state index in [4.69, 9.17) is 4.18 Å². The van der Waals surface area contributed by atoms with E-state index in [1.165, 1.54) is 24.3 Å². The molecule has 0 radical (unpaired) electrons. The third-order valence-electron chi connectivity index (χ3n) is 4.91. The smallest absolute Gasteiger partial charge is 0.339 e. The first kappa shape index (κ1) is 23.2. The molecule has 0 spiro atoms. The van der Waals surface area contributed by atoms with Crippen LogP contribution in [0.4, 0.5) is 5.69 Å². The Morgan fingerprint density at radius 3 is 2.41 bits per heavy atom. The van der Waals surface area contributed by atoms with Gasteiger partial charge in [-0.2, -0.15) is 13.7 Å². The van der Waals surface area contributed by atoms with E-state index in [9.17, 15) is 18.5 Å². The fourth-order valence-electron chi connectivity index (χ4n) is 3.29. The summed E-state index contributed by atoms with van der Waals surface area (Å²) in [4.78, 5) is 12.9. The van der Waals surface area contributed by atoms with Gasteiger partial charge < -0.3 is 9.50 Å². The maximum atomic E-state index is 12.9. The molecule has 4 aromatic carbocycles.